The van der Waals surface area contributed by atoms with Crippen LogP contribution in [0.25, 0.3) is 0 Å². The number of hydrogen-bond acceptors (Lipinski definition) is 5. The lowest BCUT2D eigenvalue weighted by Gasteiger charge is -2.30. The van der Waals surface area contributed by atoms with Gasteiger partial charge in [0, 0.05) is 53.6 Å². The Kier molecular flexibility index (Phi) is 6.87. The van der Waals surface area contributed by atoms with Crippen LogP contribution in [-0.4, -0.2) is 34.6 Å². The fourth-order valence-electron chi connectivity index (χ4n) is 3.24. The Balaban J connectivity index is 1.89. The van der Waals surface area contributed by atoms with Gasteiger partial charge in [-0.25, -0.2) is 8.42 Å². The Hall–Kier alpha value is -1.47. The van der Waals surface area contributed by atoms with E-state index in [-0.39, 0.29) is 11.8 Å². The number of nitrogens with one attached hydrogen (secondary N) is 2. The Morgan fingerprint density at radius 3 is 2.41 bits per heavy atom. The number of anilines is 2. The zero-order valence-electron chi connectivity index (χ0n) is 15.0. The molecular weight excluding hydrogens is 405 g/mol. The maximum atomic E-state index is 11.3. The molecule has 0 amide bonds. The molecule has 0 aromatic heterocycles. The predicted molar refractivity (Wildman–Crippen MR) is 114 cm³/mol. The number of piperazine rings is 1. The summed E-state index contributed by atoms with van der Waals surface area (Å²) in [7, 11) is -2.51. The second-order valence-electron chi connectivity index (χ2n) is 6.64. The number of thiol groups is 1. The van der Waals surface area contributed by atoms with Crippen LogP contribution in [0.4, 0.5) is 11.4 Å². The van der Waals surface area contributed by atoms with Crippen molar-refractivity contribution < 1.29 is 8.42 Å². The van der Waals surface area contributed by atoms with E-state index in [0.29, 0.717) is 10.0 Å². The normalized spacial score (nSPS) is 15.8. The Bertz CT molecular complexity index is 855. The van der Waals surface area contributed by atoms with Gasteiger partial charge >= 0.3 is 0 Å². The molecule has 1 fully saturated rings. The molecule has 0 bridgehead atoms. The van der Waals surface area contributed by atoms with Gasteiger partial charge in [-0.15, -0.1) is 0 Å². The van der Waals surface area contributed by atoms with Crippen LogP contribution in [0.1, 0.15) is 24.1 Å². The molecule has 0 aliphatic carbocycles. The van der Waals surface area contributed by atoms with Crippen LogP contribution >= 0.6 is 23.2 Å². The quantitative estimate of drug-likeness (QED) is 0.613. The highest BCUT2D eigenvalue weighted by Gasteiger charge is 2.15. The zero-order valence-corrected chi connectivity index (χ0v) is 17.5. The number of benzene rings is 2. The maximum Gasteiger partial charge on any atom is 0.144 e. The van der Waals surface area contributed by atoms with Gasteiger partial charge in [-0.2, -0.15) is 0 Å². The molecule has 27 heavy (non-hydrogen) atoms. The van der Waals surface area contributed by atoms with Crippen molar-refractivity contribution in [2.24, 2.45) is 0 Å². The largest absolute Gasteiger partial charge is 0.378 e. The molecule has 8 heteroatoms. The lowest BCUT2D eigenvalue weighted by atomic mass is 10.1. The van der Waals surface area contributed by atoms with Crippen LogP contribution < -0.4 is 15.5 Å². The van der Waals surface area contributed by atoms with Crippen LogP contribution in [0.3, 0.4) is 0 Å². The summed E-state index contributed by atoms with van der Waals surface area (Å²) < 4.78 is 22.6. The standard InChI is InChI=1S/C19H23Cl2N3O2S/c1-13(15-8-16(20)10-17(21)9-15)23-19-11-18(24-6-4-22-5-7-24)3-2-14(19)12-27(25)26/h2-3,8-11,13,22-23,27H,4-7,12H2,1H3. The SMILES string of the molecule is CC(Nc1cc(N2CCNCC2)ccc1C[SH](=O)=O)c1cc(Cl)cc(Cl)c1. The van der Waals surface area contributed by atoms with Gasteiger partial charge in [-0.05, 0) is 48.4 Å². The molecule has 0 spiro atoms. The highest BCUT2D eigenvalue weighted by atomic mass is 35.5. The number of nitrogens with zero attached hydrogens (tertiary/aromatic N) is 1. The molecule has 1 unspecified atom stereocenters. The second kappa shape index (κ2) is 9.15. The van der Waals surface area contributed by atoms with Crippen LogP contribution in [0.15, 0.2) is 36.4 Å². The third-order valence-corrected chi connectivity index (χ3v) is 5.67. The molecule has 2 aromatic rings. The summed E-state index contributed by atoms with van der Waals surface area (Å²) >= 11 is 12.2. The Morgan fingerprint density at radius 1 is 1.11 bits per heavy atom. The van der Waals surface area contributed by atoms with Gasteiger partial charge in [0.05, 0.1) is 5.75 Å². The fraction of sp³-hybridized carbons (Fsp3) is 0.368. The summed E-state index contributed by atoms with van der Waals surface area (Å²) in [5, 5.41) is 7.92. The van der Waals surface area contributed by atoms with E-state index in [1.165, 1.54) is 0 Å². The third kappa shape index (κ3) is 5.51. The molecular formula is C19H23Cl2N3O2S. The van der Waals surface area contributed by atoms with Gasteiger partial charge in [-0.3, -0.25) is 0 Å². The summed E-state index contributed by atoms with van der Waals surface area (Å²) in [6.07, 6.45) is 0. The van der Waals surface area contributed by atoms with Gasteiger partial charge in [0.25, 0.3) is 0 Å². The molecule has 1 atom stereocenters. The third-order valence-electron chi connectivity index (χ3n) is 4.63. The van der Waals surface area contributed by atoms with Crippen LogP contribution in [0.2, 0.25) is 10.0 Å². The van der Waals surface area contributed by atoms with Gasteiger partial charge in [-0.1, -0.05) is 29.3 Å². The first-order chi connectivity index (χ1) is 12.9. The molecule has 146 valence electrons. The average molecular weight is 428 g/mol. The maximum absolute atomic E-state index is 11.3. The monoisotopic (exact) mass is 427 g/mol. The minimum absolute atomic E-state index is 0.00250. The van der Waals surface area contributed by atoms with Crippen molar-refractivity contribution in [1.82, 2.24) is 5.32 Å². The first kappa shape index (κ1) is 20.3. The number of hydrogen-bond donors (Lipinski definition) is 3. The van der Waals surface area contributed by atoms with Gasteiger partial charge in [0.15, 0.2) is 0 Å². The molecule has 1 saturated heterocycles. The smallest absolute Gasteiger partial charge is 0.144 e. The van der Waals surface area contributed by atoms with Crippen LogP contribution in [0, 0.1) is 0 Å². The Labute approximate surface area is 171 Å². The van der Waals surface area contributed by atoms with Crippen molar-refractivity contribution in [2.45, 2.75) is 18.7 Å². The summed E-state index contributed by atoms with van der Waals surface area (Å²) in [4.78, 5) is 2.30. The summed E-state index contributed by atoms with van der Waals surface area (Å²) in [6, 6.07) is 11.2. The van der Waals surface area contributed by atoms with E-state index in [1.54, 1.807) is 6.07 Å². The molecule has 2 N–H and O–H groups in total. The first-order valence-corrected chi connectivity index (χ1v) is 11.0. The minimum atomic E-state index is -2.51. The topological polar surface area (TPSA) is 61.4 Å². The van der Waals surface area contributed by atoms with Crippen molar-refractivity contribution in [3.8, 4) is 0 Å². The lowest BCUT2D eigenvalue weighted by molar-refractivity contribution is 0.589. The van der Waals surface area contributed by atoms with Crippen molar-refractivity contribution >= 4 is 45.3 Å². The average Bonchev–Trinajstić information content (AvgIpc) is 2.62. The number of rotatable bonds is 6. The van der Waals surface area contributed by atoms with E-state index in [0.717, 1.165) is 48.7 Å². The van der Waals surface area contributed by atoms with Crippen molar-refractivity contribution in [3.05, 3.63) is 57.6 Å². The zero-order chi connectivity index (χ0) is 19.4. The van der Waals surface area contributed by atoms with Gasteiger partial charge in [0.1, 0.15) is 10.7 Å². The first-order valence-electron chi connectivity index (χ1n) is 8.85. The summed E-state index contributed by atoms with van der Waals surface area (Å²) in [5.41, 5.74) is 3.59. The highest BCUT2D eigenvalue weighted by Crippen LogP contribution is 2.30. The van der Waals surface area contributed by atoms with Gasteiger partial charge < -0.3 is 15.5 Å². The van der Waals surface area contributed by atoms with Crippen molar-refractivity contribution in [1.29, 1.82) is 0 Å². The van der Waals surface area contributed by atoms with E-state index in [2.05, 4.69) is 15.5 Å². The highest BCUT2D eigenvalue weighted by molar-refractivity contribution is 7.71. The van der Waals surface area contributed by atoms with E-state index < -0.39 is 10.7 Å². The van der Waals surface area contributed by atoms with E-state index >= 15 is 0 Å². The molecule has 3 rings (SSSR count). The molecule has 5 nitrogen and oxygen atoms in total. The molecule has 2 aromatic carbocycles. The van der Waals surface area contributed by atoms with Gasteiger partial charge in [0.2, 0.25) is 0 Å². The van der Waals surface area contributed by atoms with Crippen molar-refractivity contribution in [3.63, 3.8) is 0 Å². The van der Waals surface area contributed by atoms with Crippen LogP contribution in [0.5, 0.6) is 0 Å². The lowest BCUT2D eigenvalue weighted by Crippen LogP contribution is -2.43. The number of halogens is 2. The minimum Gasteiger partial charge on any atom is -0.378 e. The van der Waals surface area contributed by atoms with Crippen molar-refractivity contribution in [2.75, 3.05) is 36.4 Å². The molecule has 1 heterocycles. The Morgan fingerprint density at radius 2 is 1.78 bits per heavy atom. The van der Waals surface area contributed by atoms with E-state index in [9.17, 15) is 8.42 Å². The molecule has 1 aliphatic heterocycles. The summed E-state index contributed by atoms with van der Waals surface area (Å²) in [6.45, 7) is 5.73. The predicted octanol–water partition coefficient (Wildman–Crippen LogP) is 3.69. The van der Waals surface area contributed by atoms with E-state index in [4.69, 9.17) is 23.2 Å². The molecule has 1 aliphatic rings. The molecule has 0 radical (unpaired) electrons. The fourth-order valence-corrected chi connectivity index (χ4v) is 4.33. The van der Waals surface area contributed by atoms with Crippen LogP contribution in [-0.2, 0) is 16.5 Å². The molecule has 0 saturated carbocycles. The van der Waals surface area contributed by atoms with E-state index in [1.807, 2.05) is 37.3 Å². The second-order valence-corrected chi connectivity index (χ2v) is 8.49. The summed E-state index contributed by atoms with van der Waals surface area (Å²) in [5.74, 6) is 0.00250.